The second-order valence-electron chi connectivity index (χ2n) is 3.10. The summed E-state index contributed by atoms with van der Waals surface area (Å²) in [7, 11) is 0. The van der Waals surface area contributed by atoms with E-state index in [1.165, 1.54) is 6.92 Å². The summed E-state index contributed by atoms with van der Waals surface area (Å²) >= 11 is 0. The van der Waals surface area contributed by atoms with Crippen LogP contribution in [0.25, 0.3) is 0 Å². The molecule has 0 aromatic rings. The summed E-state index contributed by atoms with van der Waals surface area (Å²) in [4.78, 5) is 9.07. The topological polar surface area (TPSA) is 106 Å². The van der Waals surface area contributed by atoms with Crippen molar-refractivity contribution in [2.75, 3.05) is 0 Å². The van der Waals surface area contributed by atoms with E-state index in [0.717, 1.165) is 12.8 Å². The molecule has 8 nitrogen and oxygen atoms in total. The highest BCUT2D eigenvalue weighted by Gasteiger charge is 2.23. The van der Waals surface area contributed by atoms with Crippen LogP contribution in [0.1, 0.15) is 33.1 Å². The second-order valence-corrected chi connectivity index (χ2v) is 3.10. The average Bonchev–Trinajstić information content (AvgIpc) is 2.10. The molecule has 0 spiro atoms. The Bertz CT molecular complexity index is 156. The van der Waals surface area contributed by atoms with Crippen molar-refractivity contribution in [1.29, 1.82) is 0 Å². The molecule has 0 rings (SSSR count). The molecule has 0 unspecified atom stereocenters. The standard InChI is InChI=1S/C7H18N2O6/c1-3-4-5-7(15-9(12)13)6(2)14-8(10)11/h6-7,10-13H,3-5H2,1-2H3/t6-,7-/m1/s1. The number of hydrogen-bond acceptors (Lipinski definition) is 8. The molecule has 4 N–H and O–H groups in total. The number of rotatable bonds is 8. The van der Waals surface area contributed by atoms with Crippen LogP contribution in [0.2, 0.25) is 0 Å². The van der Waals surface area contributed by atoms with Crippen LogP contribution in [-0.4, -0.2) is 43.8 Å². The molecule has 0 aliphatic heterocycles. The SMILES string of the molecule is CCCC[C@@H](ON(O)O)[C@@H](C)ON(O)O. The maximum Gasteiger partial charge on any atom is 0.112 e. The van der Waals surface area contributed by atoms with E-state index in [2.05, 4.69) is 9.68 Å². The molecule has 0 amide bonds. The molecule has 0 aromatic carbocycles. The van der Waals surface area contributed by atoms with Crippen molar-refractivity contribution < 1.29 is 30.5 Å². The summed E-state index contributed by atoms with van der Waals surface area (Å²) < 4.78 is 0. The van der Waals surface area contributed by atoms with Crippen molar-refractivity contribution in [1.82, 2.24) is 10.8 Å². The fourth-order valence-electron chi connectivity index (χ4n) is 1.12. The zero-order valence-electron chi connectivity index (χ0n) is 8.78. The van der Waals surface area contributed by atoms with Gasteiger partial charge in [0.2, 0.25) is 0 Å². The van der Waals surface area contributed by atoms with Gasteiger partial charge in [0.15, 0.2) is 0 Å². The molecular formula is C7H18N2O6. The molecule has 0 heterocycles. The van der Waals surface area contributed by atoms with Crippen LogP contribution >= 0.6 is 0 Å². The molecule has 0 saturated heterocycles. The first-order valence-corrected chi connectivity index (χ1v) is 4.66. The Balaban J connectivity index is 4.07. The fourth-order valence-corrected chi connectivity index (χ4v) is 1.12. The number of nitrogens with zero attached hydrogens (tertiary/aromatic N) is 2. The molecule has 15 heavy (non-hydrogen) atoms. The van der Waals surface area contributed by atoms with Gasteiger partial charge in [-0.2, -0.15) is 0 Å². The summed E-state index contributed by atoms with van der Waals surface area (Å²) in [6, 6.07) is 0. The van der Waals surface area contributed by atoms with Gasteiger partial charge in [-0.25, -0.2) is 9.68 Å². The highest BCUT2D eigenvalue weighted by molar-refractivity contribution is 4.64. The van der Waals surface area contributed by atoms with Crippen molar-refractivity contribution in [3.8, 4) is 0 Å². The van der Waals surface area contributed by atoms with Gasteiger partial charge in [-0.3, -0.25) is 20.8 Å². The third kappa shape index (κ3) is 7.59. The Labute approximate surface area is 87.6 Å². The summed E-state index contributed by atoms with van der Waals surface area (Å²) in [6.45, 7) is 3.46. The van der Waals surface area contributed by atoms with E-state index in [1.807, 2.05) is 6.92 Å². The second kappa shape index (κ2) is 7.91. The summed E-state index contributed by atoms with van der Waals surface area (Å²) in [5.74, 6) is 0. The molecule has 0 aromatic heterocycles. The molecule has 0 bridgehead atoms. The lowest BCUT2D eigenvalue weighted by molar-refractivity contribution is -0.537. The van der Waals surface area contributed by atoms with E-state index in [4.69, 9.17) is 20.8 Å². The van der Waals surface area contributed by atoms with Crippen molar-refractivity contribution in [3.63, 3.8) is 0 Å². The van der Waals surface area contributed by atoms with Gasteiger partial charge in [0.05, 0.1) is 10.8 Å². The molecule has 0 aliphatic rings. The Morgan fingerprint density at radius 2 is 1.60 bits per heavy atom. The third-order valence-electron chi connectivity index (χ3n) is 1.86. The third-order valence-corrected chi connectivity index (χ3v) is 1.86. The minimum atomic E-state index is -0.742. The monoisotopic (exact) mass is 226 g/mol. The zero-order valence-corrected chi connectivity index (χ0v) is 8.78. The summed E-state index contributed by atoms with van der Waals surface area (Å²) in [5, 5.41) is 32.9. The summed E-state index contributed by atoms with van der Waals surface area (Å²) in [5.41, 5.74) is 0. The molecule has 0 fully saturated rings. The Morgan fingerprint density at radius 3 is 2.00 bits per heavy atom. The molecule has 8 heteroatoms. The zero-order chi connectivity index (χ0) is 11.8. The van der Waals surface area contributed by atoms with Gasteiger partial charge >= 0.3 is 0 Å². The lowest BCUT2D eigenvalue weighted by atomic mass is 10.1. The van der Waals surface area contributed by atoms with Gasteiger partial charge in [-0.15, -0.1) is 0 Å². The van der Waals surface area contributed by atoms with E-state index in [1.54, 1.807) is 0 Å². The lowest BCUT2D eigenvalue weighted by Crippen LogP contribution is -2.37. The van der Waals surface area contributed by atoms with Gasteiger partial charge in [0, 0.05) is 0 Å². The van der Waals surface area contributed by atoms with Gasteiger partial charge < -0.3 is 0 Å². The van der Waals surface area contributed by atoms with Crippen molar-refractivity contribution in [2.45, 2.75) is 45.3 Å². The highest BCUT2D eigenvalue weighted by atomic mass is 17.1. The Hall–Kier alpha value is -0.320. The molecule has 0 radical (unpaired) electrons. The van der Waals surface area contributed by atoms with Crippen molar-refractivity contribution >= 4 is 0 Å². The Kier molecular flexibility index (Phi) is 7.74. The van der Waals surface area contributed by atoms with E-state index in [0.29, 0.717) is 6.42 Å². The van der Waals surface area contributed by atoms with Crippen LogP contribution in [0.15, 0.2) is 0 Å². The van der Waals surface area contributed by atoms with Crippen LogP contribution in [0.5, 0.6) is 0 Å². The van der Waals surface area contributed by atoms with Crippen molar-refractivity contribution in [3.05, 3.63) is 0 Å². The van der Waals surface area contributed by atoms with Crippen LogP contribution in [0.3, 0.4) is 0 Å². The number of hydrogen-bond donors (Lipinski definition) is 4. The lowest BCUT2D eigenvalue weighted by Gasteiger charge is -2.24. The first kappa shape index (κ1) is 14.7. The molecule has 92 valence electrons. The highest BCUT2D eigenvalue weighted by Crippen LogP contribution is 2.13. The first-order chi connectivity index (χ1) is 6.97. The van der Waals surface area contributed by atoms with Crippen LogP contribution in [-0.2, 0) is 9.68 Å². The molecule has 2 atom stereocenters. The van der Waals surface area contributed by atoms with E-state index < -0.39 is 23.0 Å². The van der Waals surface area contributed by atoms with Gasteiger partial charge in [0.25, 0.3) is 0 Å². The van der Waals surface area contributed by atoms with Gasteiger partial charge in [0.1, 0.15) is 12.2 Å². The van der Waals surface area contributed by atoms with Gasteiger partial charge in [-0.05, 0) is 13.3 Å². The Morgan fingerprint density at radius 1 is 1.07 bits per heavy atom. The van der Waals surface area contributed by atoms with E-state index >= 15 is 0 Å². The maximum atomic E-state index is 8.48. The van der Waals surface area contributed by atoms with Crippen LogP contribution in [0, 0.1) is 0 Å². The van der Waals surface area contributed by atoms with E-state index in [-0.39, 0.29) is 0 Å². The molecule has 0 aliphatic carbocycles. The number of unbranched alkanes of at least 4 members (excludes halogenated alkanes) is 1. The van der Waals surface area contributed by atoms with Crippen molar-refractivity contribution in [2.24, 2.45) is 0 Å². The summed E-state index contributed by atoms with van der Waals surface area (Å²) in [6.07, 6.45) is 0.729. The van der Waals surface area contributed by atoms with Gasteiger partial charge in [-0.1, -0.05) is 19.8 Å². The average molecular weight is 226 g/mol. The minimum absolute atomic E-state index is 0.417. The smallest absolute Gasteiger partial charge is 0.112 e. The fraction of sp³-hybridized carbons (Fsp3) is 1.00. The minimum Gasteiger partial charge on any atom is -0.266 e. The predicted molar refractivity (Wildman–Crippen MR) is 45.8 cm³/mol. The molecular weight excluding hydrogens is 208 g/mol. The van der Waals surface area contributed by atoms with E-state index in [9.17, 15) is 0 Å². The maximum absolute atomic E-state index is 8.48. The molecule has 0 saturated carbocycles. The van der Waals surface area contributed by atoms with Crippen LogP contribution < -0.4 is 0 Å². The predicted octanol–water partition coefficient (Wildman–Crippen LogP) is 0.958. The van der Waals surface area contributed by atoms with Crippen LogP contribution in [0.4, 0.5) is 0 Å². The largest absolute Gasteiger partial charge is 0.266 e. The normalized spacial score (nSPS) is 16.0. The quantitative estimate of drug-likeness (QED) is 0.453. The first-order valence-electron chi connectivity index (χ1n) is 4.66.